The van der Waals surface area contributed by atoms with Crippen molar-refractivity contribution in [3.05, 3.63) is 52.6 Å². The lowest BCUT2D eigenvalue weighted by molar-refractivity contribution is -0.162. The number of nitrogens with one attached hydrogen (secondary N) is 2. The van der Waals surface area contributed by atoms with Crippen molar-refractivity contribution in [2.45, 2.75) is 110 Å². The number of hydrogen-bond acceptors (Lipinski definition) is 11. The normalized spacial score (nSPS) is 22.3. The summed E-state index contributed by atoms with van der Waals surface area (Å²) in [6, 6.07) is 4.73. The lowest BCUT2D eigenvalue weighted by atomic mass is 9.85. The molecule has 2 heterocycles. The van der Waals surface area contributed by atoms with Gasteiger partial charge in [0, 0.05) is 51.8 Å². The number of aliphatic hydroxyl groups is 1. The van der Waals surface area contributed by atoms with Gasteiger partial charge in [-0.25, -0.2) is 9.59 Å². The number of amides is 3. The number of cyclic esters (lactones) is 1. The first-order chi connectivity index (χ1) is 25.2. The zero-order chi connectivity index (χ0) is 40.3. The quantitative estimate of drug-likeness (QED) is 0.0498. The average Bonchev–Trinajstić information content (AvgIpc) is 3.86. The van der Waals surface area contributed by atoms with Gasteiger partial charge >= 0.3 is 12.1 Å². The summed E-state index contributed by atoms with van der Waals surface area (Å²) < 4.78 is 23.0. The number of methoxy groups -OCH3 is 1. The number of allylic oxidation sites excluding steroid dienone is 3. The smallest absolute Gasteiger partial charge is 0.407 e. The number of likely N-dealkylation sites (N-methyl/N-ethyl adjacent to an activating group) is 1. The molecule has 1 aromatic carbocycles. The summed E-state index contributed by atoms with van der Waals surface area (Å²) in [6.45, 7) is 11.4. The second kappa shape index (κ2) is 24.5. The molecule has 0 bridgehead atoms. The largest absolute Gasteiger partial charge is 0.495 e. The summed E-state index contributed by atoms with van der Waals surface area (Å²) >= 11 is 6.14. The maximum atomic E-state index is 13.2. The van der Waals surface area contributed by atoms with Gasteiger partial charge in [0.1, 0.15) is 29.6 Å². The minimum absolute atomic E-state index is 0.116. The fourth-order valence-electron chi connectivity index (χ4n) is 5.83. The second-order valence-electron chi connectivity index (χ2n) is 12.6. The van der Waals surface area contributed by atoms with Crippen LogP contribution in [0.5, 0.6) is 5.75 Å². The molecule has 0 saturated carbocycles. The molecule has 300 valence electrons. The molecule has 2 aliphatic heterocycles. The second-order valence-corrected chi connectivity index (χ2v) is 15.7. The number of carbonyl (C=O) groups excluding carboxylic acids is 4. The summed E-state index contributed by atoms with van der Waals surface area (Å²) in [7, 11) is 8.82. The predicted octanol–water partition coefficient (Wildman–Crippen LogP) is 6.38. The topological polar surface area (TPSA) is 156 Å². The first-order valence-electron chi connectivity index (χ1n) is 17.8. The van der Waals surface area contributed by atoms with E-state index in [1.807, 2.05) is 70.4 Å². The number of halogens is 1. The molecular formula is C38H60ClN3O9S2. The zero-order valence-electron chi connectivity index (χ0n) is 33.0. The van der Waals surface area contributed by atoms with Crippen molar-refractivity contribution in [1.82, 2.24) is 15.5 Å². The van der Waals surface area contributed by atoms with Crippen molar-refractivity contribution in [3.8, 4) is 5.75 Å². The Labute approximate surface area is 328 Å². The molecule has 0 aromatic heterocycles. The Balaban J connectivity index is 0.00000339. The molecule has 3 amide bonds. The minimum atomic E-state index is -0.984. The van der Waals surface area contributed by atoms with Gasteiger partial charge in [-0.2, -0.15) is 0 Å². The Kier molecular flexibility index (Phi) is 22.2. The van der Waals surface area contributed by atoms with Crippen LogP contribution in [0.1, 0.15) is 72.8 Å². The standard InChI is InChI=1S/C35H50ClN3O8S2.C2H6.CH4O/c1-21(17-24-13-14-26(36)28(18-24)44-7)11-9-10-12-25-19-27(45-34(43)38-25)22(2)32-35(4,47-32)29(20-30(40)37-5)46-33(42)23(3)39(6)31(41)15-16-49-48-8;2*1-2/h9-11,13-14,18,22-23,25,27,29,32H,12,15-17,19-20H2,1-8H3,(H,37,40)(H,38,43);1-2H3;2H,1H3/b10-9+,21-11+;;/t22-,23?,25?,27?,29+,32?,35?;;/m1../s1. The first-order valence-corrected chi connectivity index (χ1v) is 20.9. The van der Waals surface area contributed by atoms with Gasteiger partial charge in [0.15, 0.2) is 0 Å². The molecular weight excluding hydrogens is 742 g/mol. The van der Waals surface area contributed by atoms with Gasteiger partial charge < -0.3 is 39.6 Å². The molecule has 53 heavy (non-hydrogen) atoms. The molecule has 15 heteroatoms. The third-order valence-electron chi connectivity index (χ3n) is 9.07. The molecule has 3 N–H and O–H groups in total. The van der Waals surface area contributed by atoms with Gasteiger partial charge in [0.05, 0.1) is 24.7 Å². The van der Waals surface area contributed by atoms with E-state index in [0.717, 1.165) is 24.7 Å². The van der Waals surface area contributed by atoms with E-state index in [9.17, 15) is 19.2 Å². The zero-order valence-corrected chi connectivity index (χ0v) is 35.4. The van der Waals surface area contributed by atoms with E-state index in [4.69, 9.17) is 35.7 Å². The van der Waals surface area contributed by atoms with Gasteiger partial charge in [-0.3, -0.25) is 9.59 Å². The van der Waals surface area contributed by atoms with E-state index in [1.54, 1.807) is 49.6 Å². The van der Waals surface area contributed by atoms with Crippen molar-refractivity contribution in [1.29, 1.82) is 0 Å². The lowest BCUT2D eigenvalue weighted by Crippen LogP contribution is -2.49. The van der Waals surface area contributed by atoms with E-state index < -0.39 is 42.0 Å². The number of hydrogen-bond donors (Lipinski definition) is 3. The third-order valence-corrected chi connectivity index (χ3v) is 11.2. The number of ether oxygens (including phenoxy) is 4. The molecule has 0 spiro atoms. The van der Waals surface area contributed by atoms with Gasteiger partial charge in [-0.05, 0) is 57.6 Å². The minimum Gasteiger partial charge on any atom is -0.495 e. The molecule has 0 aliphatic carbocycles. The monoisotopic (exact) mass is 801 g/mol. The van der Waals surface area contributed by atoms with Crippen molar-refractivity contribution < 1.29 is 43.2 Å². The first kappa shape index (κ1) is 48.1. The summed E-state index contributed by atoms with van der Waals surface area (Å²) in [4.78, 5) is 52.2. The Morgan fingerprint density at radius 2 is 1.92 bits per heavy atom. The highest BCUT2D eigenvalue weighted by atomic mass is 35.5. The lowest BCUT2D eigenvalue weighted by Gasteiger charge is -2.33. The highest BCUT2D eigenvalue weighted by molar-refractivity contribution is 8.76. The van der Waals surface area contributed by atoms with E-state index >= 15 is 0 Å². The van der Waals surface area contributed by atoms with Crippen LogP contribution in [0.15, 0.2) is 42.0 Å². The van der Waals surface area contributed by atoms with E-state index in [-0.39, 0.29) is 30.2 Å². The van der Waals surface area contributed by atoms with E-state index in [2.05, 4.69) is 10.6 Å². The van der Waals surface area contributed by atoms with Crippen molar-refractivity contribution in [3.63, 3.8) is 0 Å². The van der Waals surface area contributed by atoms with Crippen LogP contribution in [0, 0.1) is 5.92 Å². The SMILES string of the molecule is CC.CNC(=O)C[C@H](OC(=O)C(C)N(C)C(=O)CCSSC)C1(C)OC1[C@H](C)C1CC(C/C=C/C=C(\C)Cc2ccc(Cl)c(OC)c2)NC(=O)O1.CO. The van der Waals surface area contributed by atoms with Crippen LogP contribution in [0.25, 0.3) is 0 Å². The fraction of sp³-hybridized carbons (Fsp3) is 0.632. The van der Waals surface area contributed by atoms with E-state index in [1.165, 1.54) is 11.9 Å². The molecule has 12 nitrogen and oxygen atoms in total. The third kappa shape index (κ3) is 15.0. The maximum Gasteiger partial charge on any atom is 0.407 e. The van der Waals surface area contributed by atoms with Gasteiger partial charge in [-0.1, -0.05) is 83.8 Å². The summed E-state index contributed by atoms with van der Waals surface area (Å²) in [5.41, 5.74) is 1.26. The van der Waals surface area contributed by atoms with E-state index in [0.29, 0.717) is 35.8 Å². The van der Waals surface area contributed by atoms with Gasteiger partial charge in [0.25, 0.3) is 0 Å². The Hall–Kier alpha value is -2.91. The predicted molar refractivity (Wildman–Crippen MR) is 214 cm³/mol. The van der Waals surface area contributed by atoms with Crippen LogP contribution < -0.4 is 15.4 Å². The maximum absolute atomic E-state index is 13.2. The van der Waals surface area contributed by atoms with Crippen LogP contribution >= 0.6 is 33.2 Å². The molecule has 0 radical (unpaired) electrons. The number of nitrogens with zero attached hydrogens (tertiary/aromatic N) is 1. The van der Waals surface area contributed by atoms with Crippen molar-refractivity contribution >= 4 is 57.1 Å². The van der Waals surface area contributed by atoms with Crippen molar-refractivity contribution in [2.75, 3.05) is 40.3 Å². The highest BCUT2D eigenvalue weighted by Crippen LogP contribution is 2.48. The van der Waals surface area contributed by atoms with Crippen LogP contribution in [0.2, 0.25) is 5.02 Å². The van der Waals surface area contributed by atoms with Crippen LogP contribution in [-0.4, -0.2) is 110 Å². The van der Waals surface area contributed by atoms with Crippen LogP contribution in [0.3, 0.4) is 0 Å². The summed E-state index contributed by atoms with van der Waals surface area (Å²) in [5.74, 6) is -0.0805. The number of carbonyl (C=O) groups is 4. The molecule has 1 aromatic rings. The number of alkyl carbamates (subject to hydrolysis) is 1. The average molecular weight is 802 g/mol. The Morgan fingerprint density at radius 3 is 2.55 bits per heavy atom. The van der Waals surface area contributed by atoms with Gasteiger partial charge in [0.2, 0.25) is 11.8 Å². The molecule has 5 unspecified atom stereocenters. The van der Waals surface area contributed by atoms with Crippen LogP contribution in [0.4, 0.5) is 4.79 Å². The highest BCUT2D eigenvalue weighted by Gasteiger charge is 2.63. The number of benzene rings is 1. The van der Waals surface area contributed by atoms with Crippen LogP contribution in [-0.2, 0) is 35.0 Å². The number of aliphatic hydroxyl groups excluding tert-OH is 1. The van der Waals surface area contributed by atoms with Crippen molar-refractivity contribution in [2.24, 2.45) is 5.92 Å². The molecule has 2 saturated heterocycles. The number of esters is 1. The number of rotatable bonds is 18. The molecule has 2 aliphatic rings. The Morgan fingerprint density at radius 1 is 1.25 bits per heavy atom. The molecule has 3 rings (SSSR count). The fourth-order valence-corrected chi connectivity index (χ4v) is 7.20. The van der Waals surface area contributed by atoms with Gasteiger partial charge in [-0.15, -0.1) is 0 Å². The summed E-state index contributed by atoms with van der Waals surface area (Å²) in [6.07, 6.45) is 7.77. The number of epoxide rings is 1. The Bertz CT molecular complexity index is 1400. The molecule has 2 fully saturated rings. The molecule has 7 atom stereocenters. The summed E-state index contributed by atoms with van der Waals surface area (Å²) in [5, 5.41) is 13.1.